The predicted molar refractivity (Wildman–Crippen MR) is 81.1 cm³/mol. The van der Waals surface area contributed by atoms with Crippen LogP contribution in [-0.4, -0.2) is 35.8 Å². The van der Waals surface area contributed by atoms with Crippen molar-refractivity contribution >= 4 is 11.4 Å². The van der Waals surface area contributed by atoms with Crippen LogP contribution in [0.15, 0.2) is 12.1 Å². The molecule has 6 nitrogen and oxygen atoms in total. The van der Waals surface area contributed by atoms with Crippen molar-refractivity contribution in [2.24, 2.45) is 0 Å². The monoisotopic (exact) mass is 294 g/mol. The smallest absolute Gasteiger partial charge is 0.293 e. The van der Waals surface area contributed by atoms with E-state index < -0.39 is 0 Å². The third-order valence-corrected chi connectivity index (χ3v) is 3.80. The van der Waals surface area contributed by atoms with Crippen molar-refractivity contribution in [1.82, 2.24) is 0 Å². The van der Waals surface area contributed by atoms with Crippen LogP contribution in [0, 0.1) is 10.1 Å². The average molecular weight is 294 g/mol. The molecule has 0 amide bonds. The summed E-state index contributed by atoms with van der Waals surface area (Å²) in [5, 5.41) is 18.3. The molecule has 1 aromatic rings. The number of benzene rings is 1. The molecule has 0 bridgehead atoms. The Bertz CT molecular complexity index is 537. The highest BCUT2D eigenvalue weighted by Gasteiger charge is 2.34. The molecule has 2 heterocycles. The van der Waals surface area contributed by atoms with Gasteiger partial charge in [-0.05, 0) is 26.7 Å². The molecule has 21 heavy (non-hydrogen) atoms. The fourth-order valence-electron chi connectivity index (χ4n) is 2.98. The van der Waals surface area contributed by atoms with E-state index >= 15 is 0 Å². The van der Waals surface area contributed by atoms with Gasteiger partial charge in [-0.15, -0.1) is 0 Å². The maximum Gasteiger partial charge on any atom is 0.293 e. The van der Waals surface area contributed by atoms with E-state index in [0.717, 1.165) is 50.8 Å². The van der Waals surface area contributed by atoms with Gasteiger partial charge in [0.15, 0.2) is 0 Å². The number of nitrogens with zero attached hydrogens (tertiary/aromatic N) is 2. The third kappa shape index (κ3) is 3.10. The number of anilines is 1. The summed E-state index contributed by atoms with van der Waals surface area (Å²) in [4.78, 5) is 13.1. The van der Waals surface area contributed by atoms with Gasteiger partial charge in [-0.25, -0.2) is 0 Å². The van der Waals surface area contributed by atoms with Crippen LogP contribution in [0.1, 0.15) is 32.3 Å². The summed E-state index contributed by atoms with van der Waals surface area (Å²) in [6, 6.07) is 3.55. The SMILES string of the molecule is CC1(C)Cc2cc([N+](=O)[O-])c(N3CCCC3)cc2O1.CO. The van der Waals surface area contributed by atoms with Gasteiger partial charge in [0.1, 0.15) is 17.0 Å². The first kappa shape index (κ1) is 15.6. The van der Waals surface area contributed by atoms with E-state index in [2.05, 4.69) is 4.90 Å². The van der Waals surface area contributed by atoms with Crippen LogP contribution in [0.25, 0.3) is 0 Å². The van der Waals surface area contributed by atoms with Crippen LogP contribution in [0.3, 0.4) is 0 Å². The van der Waals surface area contributed by atoms with Gasteiger partial charge >= 0.3 is 0 Å². The standard InChI is InChI=1S/C14H18N2O3.CH4O/c1-14(2)9-10-7-12(16(17)18)11(8-13(10)19-14)15-5-3-4-6-15;1-2/h7-8H,3-6,9H2,1-2H3;2H,1H3. The average Bonchev–Trinajstić information content (AvgIpc) is 3.04. The van der Waals surface area contributed by atoms with Gasteiger partial charge in [0.05, 0.1) is 4.92 Å². The number of aliphatic hydroxyl groups is 1. The Hall–Kier alpha value is -1.82. The maximum absolute atomic E-state index is 11.3. The van der Waals surface area contributed by atoms with Crippen molar-refractivity contribution in [3.8, 4) is 5.75 Å². The molecule has 0 spiro atoms. The van der Waals surface area contributed by atoms with Gasteiger partial charge in [-0.3, -0.25) is 10.1 Å². The summed E-state index contributed by atoms with van der Waals surface area (Å²) in [5.41, 5.74) is 1.60. The van der Waals surface area contributed by atoms with Crippen LogP contribution in [0.2, 0.25) is 0 Å². The van der Waals surface area contributed by atoms with Crippen LogP contribution in [0.5, 0.6) is 5.75 Å². The van der Waals surface area contributed by atoms with Crippen molar-refractivity contribution in [3.05, 3.63) is 27.8 Å². The first-order chi connectivity index (χ1) is 9.96. The number of aliphatic hydroxyl groups excluding tert-OH is 1. The Labute approximate surface area is 124 Å². The zero-order valence-corrected chi connectivity index (χ0v) is 12.8. The number of rotatable bonds is 2. The lowest BCUT2D eigenvalue weighted by molar-refractivity contribution is -0.384. The quantitative estimate of drug-likeness (QED) is 0.670. The Balaban J connectivity index is 0.000000774. The van der Waals surface area contributed by atoms with Gasteiger partial charge in [0.25, 0.3) is 5.69 Å². The topological polar surface area (TPSA) is 75.8 Å². The van der Waals surface area contributed by atoms with Gasteiger partial charge in [-0.1, -0.05) is 0 Å². The second-order valence-corrected chi connectivity index (χ2v) is 5.94. The minimum atomic E-state index is -0.279. The summed E-state index contributed by atoms with van der Waals surface area (Å²) in [7, 11) is 1.00. The Kier molecular flexibility index (Phi) is 4.37. The van der Waals surface area contributed by atoms with Crippen LogP contribution >= 0.6 is 0 Å². The molecule has 1 saturated heterocycles. The lowest BCUT2D eigenvalue weighted by atomic mass is 10.0. The molecular weight excluding hydrogens is 272 g/mol. The molecule has 0 radical (unpaired) electrons. The van der Waals surface area contributed by atoms with Crippen molar-refractivity contribution < 1.29 is 14.8 Å². The molecule has 0 aliphatic carbocycles. The summed E-state index contributed by atoms with van der Waals surface area (Å²) >= 11 is 0. The zero-order valence-electron chi connectivity index (χ0n) is 12.8. The Morgan fingerprint density at radius 3 is 2.48 bits per heavy atom. The summed E-state index contributed by atoms with van der Waals surface area (Å²) in [5.74, 6) is 0.803. The first-order valence-electron chi connectivity index (χ1n) is 7.16. The number of hydrogen-bond acceptors (Lipinski definition) is 5. The van der Waals surface area contributed by atoms with Crippen LogP contribution in [0.4, 0.5) is 11.4 Å². The molecule has 1 N–H and O–H groups in total. The predicted octanol–water partition coefficient (Wildman–Crippen LogP) is 2.52. The van der Waals surface area contributed by atoms with Gasteiger partial charge in [0, 0.05) is 44.3 Å². The van der Waals surface area contributed by atoms with E-state index in [1.54, 1.807) is 6.07 Å². The molecule has 2 aliphatic rings. The highest BCUT2D eigenvalue weighted by Crippen LogP contribution is 2.42. The third-order valence-electron chi connectivity index (χ3n) is 3.80. The largest absolute Gasteiger partial charge is 0.487 e. The molecule has 0 saturated carbocycles. The molecule has 3 rings (SSSR count). The van der Waals surface area contributed by atoms with Gasteiger partial charge in [0.2, 0.25) is 0 Å². The normalized spacial score (nSPS) is 18.6. The zero-order chi connectivity index (χ0) is 15.6. The Morgan fingerprint density at radius 1 is 1.29 bits per heavy atom. The van der Waals surface area contributed by atoms with E-state index in [-0.39, 0.29) is 16.2 Å². The summed E-state index contributed by atoms with van der Waals surface area (Å²) in [6.45, 7) is 5.80. The van der Waals surface area contributed by atoms with E-state index in [1.807, 2.05) is 19.9 Å². The summed E-state index contributed by atoms with van der Waals surface area (Å²) in [6.07, 6.45) is 2.92. The van der Waals surface area contributed by atoms with E-state index in [9.17, 15) is 10.1 Å². The number of hydrogen-bond donors (Lipinski definition) is 1. The fourth-order valence-corrected chi connectivity index (χ4v) is 2.98. The number of nitro groups is 1. The minimum Gasteiger partial charge on any atom is -0.487 e. The van der Waals surface area contributed by atoms with E-state index in [4.69, 9.17) is 9.84 Å². The number of ether oxygens (including phenoxy) is 1. The minimum absolute atomic E-state index is 0.210. The molecule has 0 unspecified atom stereocenters. The van der Waals surface area contributed by atoms with Crippen molar-refractivity contribution in [2.75, 3.05) is 25.1 Å². The van der Waals surface area contributed by atoms with Gasteiger partial charge in [-0.2, -0.15) is 0 Å². The molecule has 2 aliphatic heterocycles. The second-order valence-electron chi connectivity index (χ2n) is 5.94. The lowest BCUT2D eigenvalue weighted by Gasteiger charge is -2.19. The number of fused-ring (bicyclic) bond motifs is 1. The highest BCUT2D eigenvalue weighted by atomic mass is 16.6. The first-order valence-corrected chi connectivity index (χ1v) is 7.16. The molecule has 1 aromatic carbocycles. The second kappa shape index (κ2) is 5.89. The van der Waals surface area contributed by atoms with Gasteiger partial charge < -0.3 is 14.7 Å². The van der Waals surface area contributed by atoms with E-state index in [1.165, 1.54) is 0 Å². The fraction of sp³-hybridized carbons (Fsp3) is 0.600. The van der Waals surface area contributed by atoms with Crippen LogP contribution < -0.4 is 9.64 Å². The highest BCUT2D eigenvalue weighted by molar-refractivity contribution is 5.69. The molecule has 1 fully saturated rings. The molecule has 6 heteroatoms. The van der Waals surface area contributed by atoms with E-state index in [0.29, 0.717) is 5.69 Å². The maximum atomic E-state index is 11.3. The molecule has 0 aromatic heterocycles. The van der Waals surface area contributed by atoms with Crippen molar-refractivity contribution in [3.63, 3.8) is 0 Å². The molecule has 0 atom stereocenters. The summed E-state index contributed by atoms with van der Waals surface area (Å²) < 4.78 is 5.88. The molecular formula is C15H22N2O4. The van der Waals surface area contributed by atoms with Crippen molar-refractivity contribution in [2.45, 2.75) is 38.7 Å². The number of nitro benzene ring substituents is 1. The van der Waals surface area contributed by atoms with Crippen LogP contribution in [-0.2, 0) is 6.42 Å². The Morgan fingerprint density at radius 2 is 1.90 bits per heavy atom. The molecule has 116 valence electrons. The lowest BCUT2D eigenvalue weighted by Crippen LogP contribution is -2.24. The van der Waals surface area contributed by atoms with Crippen molar-refractivity contribution in [1.29, 1.82) is 0 Å².